The van der Waals surface area contributed by atoms with Crippen molar-refractivity contribution in [3.63, 3.8) is 0 Å². The topological polar surface area (TPSA) is 144 Å². The Hall–Kier alpha value is -3.87. The van der Waals surface area contributed by atoms with E-state index in [-0.39, 0.29) is 16.8 Å². The molecule has 0 heterocycles. The molecule has 7 nitrogen and oxygen atoms in total. The van der Waals surface area contributed by atoms with Gasteiger partial charge in [0.05, 0.1) is 11.1 Å². The second kappa shape index (κ2) is 8.01. The van der Waals surface area contributed by atoms with Gasteiger partial charge in [0.1, 0.15) is 0 Å². The van der Waals surface area contributed by atoms with Crippen molar-refractivity contribution in [3.05, 3.63) is 70.8 Å². The second-order valence-electron chi connectivity index (χ2n) is 5.81. The summed E-state index contributed by atoms with van der Waals surface area (Å²) in [5, 5.41) is 19.0. The third-order valence-corrected chi connectivity index (χ3v) is 3.89. The van der Waals surface area contributed by atoms with Crippen molar-refractivity contribution in [1.29, 1.82) is 0 Å². The molecule has 0 aliphatic heterocycles. The van der Waals surface area contributed by atoms with Gasteiger partial charge < -0.3 is 21.7 Å². The van der Waals surface area contributed by atoms with Gasteiger partial charge in [-0.15, -0.1) is 0 Å². The molecule has 0 bridgehead atoms. The highest BCUT2D eigenvalue weighted by atomic mass is 16.4. The number of anilines is 2. The van der Waals surface area contributed by atoms with Gasteiger partial charge in [-0.05, 0) is 48.2 Å². The summed E-state index contributed by atoms with van der Waals surface area (Å²) in [5.74, 6) is -2.40. The number of nitrogens with two attached hydrogens (primary N) is 2. The monoisotopic (exact) mass is 366 g/mol. The van der Waals surface area contributed by atoms with Crippen LogP contribution >= 0.6 is 0 Å². The molecule has 3 aromatic rings. The normalized spacial score (nSPS) is 9.96. The molecule has 6 N–H and O–H groups in total. The molecule has 0 radical (unpaired) electrons. The fourth-order valence-electron chi connectivity index (χ4n) is 2.64. The summed E-state index contributed by atoms with van der Waals surface area (Å²) in [7, 11) is 0. The summed E-state index contributed by atoms with van der Waals surface area (Å²) in [4.78, 5) is 31.8. The zero-order valence-corrected chi connectivity index (χ0v) is 14.5. The number of carboxylic acid groups (broad SMARTS) is 2. The molecular formula is C20H18N2O5. The van der Waals surface area contributed by atoms with E-state index in [1.165, 1.54) is 12.1 Å². The Morgan fingerprint density at radius 2 is 1.52 bits per heavy atom. The van der Waals surface area contributed by atoms with Gasteiger partial charge in [0, 0.05) is 22.3 Å². The SMILES string of the molecule is Cc1cccc2c(N)ccc(C=O)c12.Nc1cc(C(=O)O)cc(C(=O)O)c1. The number of nitrogen functional groups attached to an aromatic ring is 2. The summed E-state index contributed by atoms with van der Waals surface area (Å²) in [6, 6.07) is 12.9. The van der Waals surface area contributed by atoms with Crippen molar-refractivity contribution < 1.29 is 24.6 Å². The number of rotatable bonds is 3. The first-order valence-corrected chi connectivity index (χ1v) is 7.84. The maximum absolute atomic E-state index is 10.8. The molecule has 7 heteroatoms. The van der Waals surface area contributed by atoms with Crippen LogP contribution < -0.4 is 11.5 Å². The minimum absolute atomic E-state index is 0.123. The van der Waals surface area contributed by atoms with Crippen LogP contribution in [0.3, 0.4) is 0 Å². The van der Waals surface area contributed by atoms with Gasteiger partial charge in [-0.2, -0.15) is 0 Å². The molecule has 3 aromatic carbocycles. The fraction of sp³-hybridized carbons (Fsp3) is 0.0500. The Bertz CT molecular complexity index is 1010. The summed E-state index contributed by atoms with van der Waals surface area (Å²) in [5.41, 5.74) is 13.5. The maximum Gasteiger partial charge on any atom is 0.335 e. The number of aromatic carboxylic acids is 2. The molecule has 0 saturated heterocycles. The molecule has 0 atom stereocenters. The number of hydrogen-bond donors (Lipinski definition) is 4. The van der Waals surface area contributed by atoms with Crippen LogP contribution in [0.15, 0.2) is 48.5 Å². The first kappa shape index (κ1) is 19.5. The largest absolute Gasteiger partial charge is 0.478 e. The number of aldehydes is 1. The van der Waals surface area contributed by atoms with E-state index < -0.39 is 11.9 Å². The van der Waals surface area contributed by atoms with E-state index in [0.29, 0.717) is 11.3 Å². The first-order valence-electron chi connectivity index (χ1n) is 7.84. The summed E-state index contributed by atoms with van der Waals surface area (Å²) in [6.45, 7) is 1.98. The van der Waals surface area contributed by atoms with E-state index in [9.17, 15) is 14.4 Å². The molecule has 138 valence electrons. The average molecular weight is 366 g/mol. The van der Waals surface area contributed by atoms with Crippen LogP contribution in [0.1, 0.15) is 36.6 Å². The Labute approximate surface area is 154 Å². The van der Waals surface area contributed by atoms with E-state index >= 15 is 0 Å². The number of fused-ring (bicyclic) bond motifs is 1. The molecule has 0 fully saturated rings. The van der Waals surface area contributed by atoms with Crippen LogP contribution in [0.25, 0.3) is 10.8 Å². The number of aryl methyl sites for hydroxylation is 1. The molecule has 3 rings (SSSR count). The highest BCUT2D eigenvalue weighted by molar-refractivity contribution is 6.05. The van der Waals surface area contributed by atoms with Crippen molar-refractivity contribution >= 4 is 40.4 Å². The van der Waals surface area contributed by atoms with Crippen LogP contribution in [-0.4, -0.2) is 28.4 Å². The molecule has 0 aliphatic rings. The van der Waals surface area contributed by atoms with Gasteiger partial charge in [-0.3, -0.25) is 4.79 Å². The molecule has 0 aromatic heterocycles. The third kappa shape index (κ3) is 4.40. The van der Waals surface area contributed by atoms with Crippen molar-refractivity contribution in [3.8, 4) is 0 Å². The molecule has 0 unspecified atom stereocenters. The lowest BCUT2D eigenvalue weighted by Crippen LogP contribution is -2.03. The van der Waals surface area contributed by atoms with Gasteiger partial charge in [0.25, 0.3) is 0 Å². The van der Waals surface area contributed by atoms with E-state index in [2.05, 4.69) is 0 Å². The number of hydrogen-bond acceptors (Lipinski definition) is 5. The van der Waals surface area contributed by atoms with Crippen LogP contribution in [0.5, 0.6) is 0 Å². The zero-order valence-electron chi connectivity index (χ0n) is 14.5. The van der Waals surface area contributed by atoms with Gasteiger partial charge in [0.2, 0.25) is 0 Å². The fourth-order valence-corrected chi connectivity index (χ4v) is 2.64. The summed E-state index contributed by atoms with van der Waals surface area (Å²) < 4.78 is 0. The first-order chi connectivity index (χ1) is 12.7. The van der Waals surface area contributed by atoms with E-state index in [1.54, 1.807) is 12.1 Å². The lowest BCUT2D eigenvalue weighted by atomic mass is 9.99. The predicted molar refractivity (Wildman–Crippen MR) is 103 cm³/mol. The Kier molecular flexibility index (Phi) is 5.77. The van der Waals surface area contributed by atoms with Crippen molar-refractivity contribution in [2.45, 2.75) is 6.92 Å². The standard InChI is InChI=1S/C12H11NO.C8H7NO4/c1-8-3-2-4-10-11(13)6-5-9(7-14)12(8)10;9-6-2-4(7(10)11)1-5(3-6)8(12)13/h2-7H,13H2,1H3;1-3H,9H2,(H,10,11)(H,12,13). The lowest BCUT2D eigenvalue weighted by Gasteiger charge is -2.06. The van der Waals surface area contributed by atoms with Crippen molar-refractivity contribution in [1.82, 2.24) is 0 Å². The highest BCUT2D eigenvalue weighted by Crippen LogP contribution is 2.26. The molecule has 0 spiro atoms. The molecule has 0 saturated carbocycles. The number of carbonyl (C=O) groups is 3. The maximum atomic E-state index is 10.8. The van der Waals surface area contributed by atoms with Crippen LogP contribution in [0, 0.1) is 6.92 Å². The lowest BCUT2D eigenvalue weighted by molar-refractivity contribution is 0.0696. The molecule has 0 aliphatic carbocycles. The Morgan fingerprint density at radius 1 is 0.926 bits per heavy atom. The molecular weight excluding hydrogens is 348 g/mol. The Balaban J connectivity index is 0.000000194. The van der Waals surface area contributed by atoms with Crippen molar-refractivity contribution in [2.75, 3.05) is 11.5 Å². The van der Waals surface area contributed by atoms with E-state index in [1.807, 2.05) is 25.1 Å². The smallest absolute Gasteiger partial charge is 0.335 e. The minimum atomic E-state index is -1.20. The zero-order chi connectivity index (χ0) is 20.1. The third-order valence-electron chi connectivity index (χ3n) is 3.89. The van der Waals surface area contributed by atoms with Gasteiger partial charge in [-0.1, -0.05) is 18.2 Å². The molecule has 0 amide bonds. The van der Waals surface area contributed by atoms with E-state index in [4.69, 9.17) is 21.7 Å². The Morgan fingerprint density at radius 3 is 2.04 bits per heavy atom. The predicted octanol–water partition coefficient (Wildman–Crippen LogP) is 3.21. The van der Waals surface area contributed by atoms with Crippen molar-refractivity contribution in [2.24, 2.45) is 0 Å². The van der Waals surface area contributed by atoms with Gasteiger partial charge in [-0.25, -0.2) is 9.59 Å². The van der Waals surface area contributed by atoms with Gasteiger partial charge in [0.15, 0.2) is 6.29 Å². The average Bonchev–Trinajstić information content (AvgIpc) is 2.62. The van der Waals surface area contributed by atoms with Crippen LogP contribution in [0.4, 0.5) is 11.4 Å². The molecule has 27 heavy (non-hydrogen) atoms. The second-order valence-corrected chi connectivity index (χ2v) is 5.81. The highest BCUT2D eigenvalue weighted by Gasteiger charge is 2.09. The number of carboxylic acids is 2. The van der Waals surface area contributed by atoms with Crippen LogP contribution in [0.2, 0.25) is 0 Å². The van der Waals surface area contributed by atoms with E-state index in [0.717, 1.165) is 28.7 Å². The number of carbonyl (C=O) groups excluding carboxylic acids is 1. The summed E-state index contributed by atoms with van der Waals surface area (Å²) >= 11 is 0. The quantitative estimate of drug-likeness (QED) is 0.411. The number of benzene rings is 3. The minimum Gasteiger partial charge on any atom is -0.478 e. The van der Waals surface area contributed by atoms with Gasteiger partial charge >= 0.3 is 11.9 Å². The summed E-state index contributed by atoms with van der Waals surface area (Å²) in [6.07, 6.45) is 0.870. The van der Waals surface area contributed by atoms with Crippen LogP contribution in [-0.2, 0) is 0 Å².